The highest BCUT2D eigenvalue weighted by Crippen LogP contribution is 2.29. The molecule has 0 radical (unpaired) electrons. The van der Waals surface area contributed by atoms with Crippen molar-refractivity contribution >= 4 is 22.8 Å². The Kier molecular flexibility index (Phi) is 4.70. The van der Waals surface area contributed by atoms with E-state index >= 15 is 0 Å². The number of carbonyl (C=O) groups excluding carboxylic acids is 2. The van der Waals surface area contributed by atoms with Crippen LogP contribution in [0.4, 0.5) is 0 Å². The van der Waals surface area contributed by atoms with E-state index in [9.17, 15) is 14.7 Å². The standard InChI is InChI=1S/C16H19NO5/c1-4-21-14(19)9-17-10(3)15(16(20)22-5-2)12-8-11(18)6-7-13(12)17/h6-8,18H,4-5,9H2,1-3H3. The van der Waals surface area contributed by atoms with E-state index in [0.29, 0.717) is 28.8 Å². The van der Waals surface area contributed by atoms with E-state index in [1.807, 2.05) is 0 Å². The van der Waals surface area contributed by atoms with Gasteiger partial charge in [0.25, 0.3) is 0 Å². The van der Waals surface area contributed by atoms with Gasteiger partial charge in [0, 0.05) is 16.6 Å². The number of aromatic hydroxyl groups is 1. The van der Waals surface area contributed by atoms with Crippen LogP contribution in [0.3, 0.4) is 0 Å². The normalized spacial score (nSPS) is 10.7. The second kappa shape index (κ2) is 6.51. The molecule has 0 bridgehead atoms. The monoisotopic (exact) mass is 305 g/mol. The predicted molar refractivity (Wildman–Crippen MR) is 80.9 cm³/mol. The van der Waals surface area contributed by atoms with Gasteiger partial charge in [-0.2, -0.15) is 0 Å². The number of nitrogens with zero attached hydrogens (tertiary/aromatic N) is 1. The van der Waals surface area contributed by atoms with Gasteiger partial charge in [-0.25, -0.2) is 4.79 Å². The zero-order valence-electron chi connectivity index (χ0n) is 12.9. The van der Waals surface area contributed by atoms with Crippen LogP contribution in [0.25, 0.3) is 10.9 Å². The Bertz CT molecular complexity index is 717. The average Bonchev–Trinajstić information content (AvgIpc) is 2.71. The first-order valence-corrected chi connectivity index (χ1v) is 7.14. The van der Waals surface area contributed by atoms with Crippen LogP contribution >= 0.6 is 0 Å². The second-order valence-corrected chi connectivity index (χ2v) is 4.77. The highest BCUT2D eigenvalue weighted by atomic mass is 16.5. The van der Waals surface area contributed by atoms with Crippen LogP contribution in [0.5, 0.6) is 5.75 Å². The third kappa shape index (κ3) is 2.90. The van der Waals surface area contributed by atoms with E-state index in [0.717, 1.165) is 0 Å². The molecule has 0 saturated carbocycles. The van der Waals surface area contributed by atoms with Crippen molar-refractivity contribution in [1.82, 2.24) is 4.57 Å². The van der Waals surface area contributed by atoms with Crippen molar-refractivity contribution in [1.29, 1.82) is 0 Å². The number of benzene rings is 1. The molecule has 1 heterocycles. The van der Waals surface area contributed by atoms with Gasteiger partial charge >= 0.3 is 11.9 Å². The molecule has 6 nitrogen and oxygen atoms in total. The number of hydrogen-bond donors (Lipinski definition) is 1. The first kappa shape index (κ1) is 15.9. The number of fused-ring (bicyclic) bond motifs is 1. The maximum absolute atomic E-state index is 12.2. The summed E-state index contributed by atoms with van der Waals surface area (Å²) in [6.07, 6.45) is 0. The molecule has 22 heavy (non-hydrogen) atoms. The summed E-state index contributed by atoms with van der Waals surface area (Å²) in [7, 11) is 0. The molecule has 0 aliphatic heterocycles. The molecule has 0 saturated heterocycles. The second-order valence-electron chi connectivity index (χ2n) is 4.77. The molecule has 0 spiro atoms. The first-order chi connectivity index (χ1) is 10.5. The van der Waals surface area contributed by atoms with Gasteiger partial charge in [-0.05, 0) is 39.0 Å². The lowest BCUT2D eigenvalue weighted by atomic mass is 10.1. The number of hydrogen-bond acceptors (Lipinski definition) is 5. The molecule has 118 valence electrons. The minimum Gasteiger partial charge on any atom is -0.508 e. The third-order valence-electron chi connectivity index (χ3n) is 3.38. The Morgan fingerprint density at radius 3 is 2.50 bits per heavy atom. The Morgan fingerprint density at radius 1 is 1.18 bits per heavy atom. The highest BCUT2D eigenvalue weighted by Gasteiger charge is 2.22. The van der Waals surface area contributed by atoms with Crippen molar-refractivity contribution in [3.05, 3.63) is 29.5 Å². The smallest absolute Gasteiger partial charge is 0.340 e. The Labute approximate surface area is 128 Å². The summed E-state index contributed by atoms with van der Waals surface area (Å²) in [5.41, 5.74) is 1.63. The Hall–Kier alpha value is -2.50. The third-order valence-corrected chi connectivity index (χ3v) is 3.38. The lowest BCUT2D eigenvalue weighted by Gasteiger charge is -2.08. The fourth-order valence-electron chi connectivity index (χ4n) is 2.47. The molecule has 0 aliphatic rings. The van der Waals surface area contributed by atoms with Crippen LogP contribution in [0, 0.1) is 6.92 Å². The summed E-state index contributed by atoms with van der Waals surface area (Å²) in [5.74, 6) is -0.810. The van der Waals surface area contributed by atoms with Gasteiger partial charge in [0.1, 0.15) is 12.3 Å². The molecule has 0 unspecified atom stereocenters. The summed E-state index contributed by atoms with van der Waals surface area (Å²) in [5, 5.41) is 10.2. The van der Waals surface area contributed by atoms with Crippen LogP contribution in [-0.4, -0.2) is 34.8 Å². The van der Waals surface area contributed by atoms with Gasteiger partial charge in [-0.15, -0.1) is 0 Å². The van der Waals surface area contributed by atoms with E-state index in [2.05, 4.69) is 0 Å². The quantitative estimate of drug-likeness (QED) is 0.858. The molecular formula is C16H19NO5. The molecule has 0 atom stereocenters. The van der Waals surface area contributed by atoms with E-state index in [1.165, 1.54) is 12.1 Å². The lowest BCUT2D eigenvalue weighted by molar-refractivity contribution is -0.143. The topological polar surface area (TPSA) is 77.8 Å². The van der Waals surface area contributed by atoms with Crippen LogP contribution < -0.4 is 0 Å². The fraction of sp³-hybridized carbons (Fsp3) is 0.375. The van der Waals surface area contributed by atoms with Gasteiger partial charge in [-0.1, -0.05) is 0 Å². The van der Waals surface area contributed by atoms with Gasteiger partial charge < -0.3 is 19.1 Å². The maximum atomic E-state index is 12.2. The van der Waals surface area contributed by atoms with Crippen LogP contribution in [0.15, 0.2) is 18.2 Å². The Morgan fingerprint density at radius 2 is 1.86 bits per heavy atom. The molecule has 2 aromatic rings. The van der Waals surface area contributed by atoms with E-state index < -0.39 is 5.97 Å². The zero-order valence-corrected chi connectivity index (χ0v) is 12.9. The number of carbonyl (C=O) groups is 2. The fourth-order valence-corrected chi connectivity index (χ4v) is 2.47. The van der Waals surface area contributed by atoms with E-state index in [1.54, 1.807) is 31.4 Å². The number of esters is 2. The van der Waals surface area contributed by atoms with E-state index in [-0.39, 0.29) is 24.9 Å². The van der Waals surface area contributed by atoms with Crippen molar-refractivity contribution in [2.45, 2.75) is 27.3 Å². The van der Waals surface area contributed by atoms with Crippen molar-refractivity contribution in [2.75, 3.05) is 13.2 Å². The molecule has 6 heteroatoms. The average molecular weight is 305 g/mol. The summed E-state index contributed by atoms with van der Waals surface area (Å²) in [6.45, 7) is 5.75. The Balaban J connectivity index is 2.59. The van der Waals surface area contributed by atoms with Gasteiger partial charge in [-0.3, -0.25) is 4.79 Å². The molecule has 0 aliphatic carbocycles. The molecule has 1 aromatic heterocycles. The van der Waals surface area contributed by atoms with Crippen LogP contribution in [-0.2, 0) is 20.8 Å². The predicted octanol–water partition coefficient (Wildman–Crippen LogP) is 2.40. The summed E-state index contributed by atoms with van der Waals surface area (Å²) in [4.78, 5) is 24.0. The molecule has 2 rings (SSSR count). The first-order valence-electron chi connectivity index (χ1n) is 7.14. The van der Waals surface area contributed by atoms with Crippen LogP contribution in [0.2, 0.25) is 0 Å². The minimum atomic E-state index is -0.474. The molecule has 0 fully saturated rings. The number of phenolic OH excluding ortho intramolecular Hbond substituents is 1. The summed E-state index contributed by atoms with van der Waals surface area (Å²) in [6, 6.07) is 4.67. The van der Waals surface area contributed by atoms with Crippen molar-refractivity contribution in [3.8, 4) is 5.75 Å². The van der Waals surface area contributed by atoms with E-state index in [4.69, 9.17) is 9.47 Å². The zero-order chi connectivity index (χ0) is 16.3. The number of rotatable bonds is 5. The van der Waals surface area contributed by atoms with Crippen molar-refractivity contribution in [3.63, 3.8) is 0 Å². The molecular weight excluding hydrogens is 286 g/mol. The highest BCUT2D eigenvalue weighted by molar-refractivity contribution is 6.06. The van der Waals surface area contributed by atoms with Crippen LogP contribution in [0.1, 0.15) is 29.9 Å². The minimum absolute atomic E-state index is 0.000351. The maximum Gasteiger partial charge on any atom is 0.340 e. The number of phenols is 1. The summed E-state index contributed by atoms with van der Waals surface area (Å²) >= 11 is 0. The number of aromatic nitrogens is 1. The molecule has 1 aromatic carbocycles. The molecule has 1 N–H and O–H groups in total. The SMILES string of the molecule is CCOC(=O)Cn1c(C)c(C(=O)OCC)c2cc(O)ccc21. The lowest BCUT2D eigenvalue weighted by Crippen LogP contribution is -2.15. The molecule has 0 amide bonds. The van der Waals surface area contributed by atoms with Gasteiger partial charge in [0.2, 0.25) is 0 Å². The van der Waals surface area contributed by atoms with Gasteiger partial charge in [0.05, 0.1) is 18.8 Å². The number of ether oxygens (including phenoxy) is 2. The largest absolute Gasteiger partial charge is 0.508 e. The van der Waals surface area contributed by atoms with Crippen molar-refractivity contribution in [2.24, 2.45) is 0 Å². The summed E-state index contributed by atoms with van der Waals surface area (Å²) < 4.78 is 11.7. The van der Waals surface area contributed by atoms with Crippen molar-refractivity contribution < 1.29 is 24.2 Å². The van der Waals surface area contributed by atoms with Gasteiger partial charge in [0.15, 0.2) is 0 Å².